The summed E-state index contributed by atoms with van der Waals surface area (Å²) in [5, 5.41) is 0. The van der Waals surface area contributed by atoms with Crippen LogP contribution in [0, 0.1) is 5.41 Å². The highest BCUT2D eigenvalue weighted by molar-refractivity contribution is 5.83. The number of carbonyl (C=O) groups is 1. The second kappa shape index (κ2) is 4.93. The summed E-state index contributed by atoms with van der Waals surface area (Å²) in [5.74, 6) is 0.338. The van der Waals surface area contributed by atoms with Gasteiger partial charge in [-0.1, -0.05) is 20.8 Å². The van der Waals surface area contributed by atoms with Crippen molar-refractivity contribution in [1.82, 2.24) is 4.90 Å². The number of Topliss-reactive ketones (excluding diaryl/α,β-unsaturated/α-hetero) is 1. The number of carbonyl (C=O) groups excluding carboxylic acids is 1. The number of hydrogen-bond acceptors (Lipinski definition) is 3. The van der Waals surface area contributed by atoms with E-state index in [4.69, 9.17) is 4.74 Å². The molecule has 1 aliphatic heterocycles. The Morgan fingerprint density at radius 2 is 1.56 bits per heavy atom. The third-order valence-electron chi connectivity index (χ3n) is 3.25. The van der Waals surface area contributed by atoms with Gasteiger partial charge in [-0.3, -0.25) is 9.69 Å². The fourth-order valence-corrected chi connectivity index (χ4v) is 2.74. The quantitative estimate of drug-likeness (QED) is 0.776. The van der Waals surface area contributed by atoms with Crippen LogP contribution < -0.4 is 0 Å². The first-order chi connectivity index (χ1) is 7.91. The summed E-state index contributed by atoms with van der Waals surface area (Å²) in [6, 6.07) is 0. The molecule has 0 bridgehead atoms. The minimum absolute atomic E-state index is 0.132. The molecule has 0 aliphatic carbocycles. The zero-order chi connectivity index (χ0) is 14.2. The van der Waals surface area contributed by atoms with Gasteiger partial charge >= 0.3 is 0 Å². The smallest absolute Gasteiger partial charge is 0.139 e. The standard InChI is InChI=1S/C15H29NO2/c1-13(2,3)12(17)8-9-16-10-14(4,5)18-15(6,7)11-16/h8-11H2,1-7H3. The molecule has 3 nitrogen and oxygen atoms in total. The molecule has 0 atom stereocenters. The van der Waals surface area contributed by atoms with Crippen LogP contribution >= 0.6 is 0 Å². The Hall–Kier alpha value is -0.410. The molecule has 1 heterocycles. The van der Waals surface area contributed by atoms with Crippen LogP contribution in [0.2, 0.25) is 0 Å². The minimum atomic E-state index is -0.225. The van der Waals surface area contributed by atoms with E-state index >= 15 is 0 Å². The molecular weight excluding hydrogens is 226 g/mol. The maximum absolute atomic E-state index is 12.0. The molecule has 1 rings (SSSR count). The molecule has 3 heteroatoms. The molecule has 0 aromatic rings. The molecule has 0 N–H and O–H groups in total. The van der Waals surface area contributed by atoms with Gasteiger partial charge < -0.3 is 4.74 Å². The van der Waals surface area contributed by atoms with Crippen molar-refractivity contribution in [3.05, 3.63) is 0 Å². The number of morpholine rings is 1. The van der Waals surface area contributed by atoms with E-state index in [-0.39, 0.29) is 16.6 Å². The van der Waals surface area contributed by atoms with Crippen LogP contribution in [-0.4, -0.2) is 41.5 Å². The number of nitrogens with zero attached hydrogens (tertiary/aromatic N) is 1. The summed E-state index contributed by atoms with van der Waals surface area (Å²) in [5.41, 5.74) is -0.490. The van der Waals surface area contributed by atoms with Gasteiger partial charge in [-0.25, -0.2) is 0 Å². The molecular formula is C15H29NO2. The molecule has 0 saturated carbocycles. The van der Waals surface area contributed by atoms with Gasteiger partial charge in [-0.05, 0) is 27.7 Å². The molecule has 18 heavy (non-hydrogen) atoms. The number of ether oxygens (including phenoxy) is 1. The first kappa shape index (κ1) is 15.6. The predicted octanol–water partition coefficient (Wildman–Crippen LogP) is 2.88. The lowest BCUT2D eigenvalue weighted by atomic mass is 9.88. The zero-order valence-corrected chi connectivity index (χ0v) is 13.1. The van der Waals surface area contributed by atoms with Gasteiger partial charge in [0, 0.05) is 31.5 Å². The third-order valence-corrected chi connectivity index (χ3v) is 3.25. The van der Waals surface area contributed by atoms with Crippen molar-refractivity contribution >= 4 is 5.78 Å². The van der Waals surface area contributed by atoms with E-state index in [9.17, 15) is 4.79 Å². The van der Waals surface area contributed by atoms with Gasteiger partial charge in [0.1, 0.15) is 5.78 Å². The van der Waals surface area contributed by atoms with E-state index in [1.807, 2.05) is 20.8 Å². The van der Waals surface area contributed by atoms with Crippen LogP contribution in [-0.2, 0) is 9.53 Å². The maximum atomic E-state index is 12.0. The van der Waals surface area contributed by atoms with Gasteiger partial charge in [0.15, 0.2) is 0 Å². The van der Waals surface area contributed by atoms with E-state index in [1.54, 1.807) is 0 Å². The second-order valence-electron chi connectivity index (χ2n) is 7.76. The molecule has 0 spiro atoms. The van der Waals surface area contributed by atoms with Gasteiger partial charge in [0.25, 0.3) is 0 Å². The highest BCUT2D eigenvalue weighted by Crippen LogP contribution is 2.28. The van der Waals surface area contributed by atoms with Gasteiger partial charge in [0.05, 0.1) is 11.2 Å². The lowest BCUT2D eigenvalue weighted by Gasteiger charge is -2.47. The van der Waals surface area contributed by atoms with Gasteiger partial charge in [-0.15, -0.1) is 0 Å². The Kier molecular flexibility index (Phi) is 4.29. The van der Waals surface area contributed by atoms with Crippen molar-refractivity contribution in [3.8, 4) is 0 Å². The Morgan fingerprint density at radius 3 is 1.94 bits per heavy atom. The van der Waals surface area contributed by atoms with Crippen molar-refractivity contribution in [2.24, 2.45) is 5.41 Å². The SMILES string of the molecule is CC1(C)CN(CCC(=O)C(C)(C)C)CC(C)(C)O1. The predicted molar refractivity (Wildman–Crippen MR) is 74.8 cm³/mol. The Labute approximate surface area is 112 Å². The largest absolute Gasteiger partial charge is 0.367 e. The molecule has 1 fully saturated rings. The average Bonchev–Trinajstić information content (AvgIpc) is 2.07. The Balaban J connectivity index is 2.55. The first-order valence-corrected chi connectivity index (χ1v) is 6.87. The maximum Gasteiger partial charge on any atom is 0.139 e. The fraction of sp³-hybridized carbons (Fsp3) is 0.933. The van der Waals surface area contributed by atoms with E-state index in [1.165, 1.54) is 0 Å². The van der Waals surface area contributed by atoms with E-state index < -0.39 is 0 Å². The van der Waals surface area contributed by atoms with Crippen LogP contribution in [0.4, 0.5) is 0 Å². The van der Waals surface area contributed by atoms with E-state index in [2.05, 4.69) is 32.6 Å². The zero-order valence-electron chi connectivity index (χ0n) is 13.1. The fourth-order valence-electron chi connectivity index (χ4n) is 2.74. The summed E-state index contributed by atoms with van der Waals surface area (Å²) < 4.78 is 6.04. The van der Waals surface area contributed by atoms with Crippen LogP contribution in [0.15, 0.2) is 0 Å². The summed E-state index contributed by atoms with van der Waals surface area (Å²) in [7, 11) is 0. The topological polar surface area (TPSA) is 29.5 Å². The second-order valence-corrected chi connectivity index (χ2v) is 7.76. The molecule has 106 valence electrons. The summed E-state index contributed by atoms with van der Waals surface area (Å²) >= 11 is 0. The van der Waals surface area contributed by atoms with Crippen molar-refractivity contribution in [1.29, 1.82) is 0 Å². The number of hydrogen-bond donors (Lipinski definition) is 0. The Morgan fingerprint density at radius 1 is 1.11 bits per heavy atom. The van der Waals surface area contributed by atoms with E-state index in [0.717, 1.165) is 19.6 Å². The minimum Gasteiger partial charge on any atom is -0.367 e. The summed E-state index contributed by atoms with van der Waals surface area (Å²) in [4.78, 5) is 14.3. The molecule has 0 aromatic heterocycles. The first-order valence-electron chi connectivity index (χ1n) is 6.87. The normalized spacial score (nSPS) is 23.9. The highest BCUT2D eigenvalue weighted by Gasteiger charge is 2.38. The van der Waals surface area contributed by atoms with Gasteiger partial charge in [0.2, 0.25) is 0 Å². The lowest BCUT2D eigenvalue weighted by Crippen LogP contribution is -2.57. The molecule has 0 amide bonds. The monoisotopic (exact) mass is 255 g/mol. The molecule has 1 aliphatic rings. The summed E-state index contributed by atoms with van der Waals surface area (Å²) in [6.07, 6.45) is 0.635. The molecule has 0 unspecified atom stereocenters. The van der Waals surface area contributed by atoms with Crippen molar-refractivity contribution in [2.45, 2.75) is 66.1 Å². The van der Waals surface area contributed by atoms with E-state index in [0.29, 0.717) is 12.2 Å². The van der Waals surface area contributed by atoms with Crippen LogP contribution in [0.1, 0.15) is 54.9 Å². The average molecular weight is 255 g/mol. The van der Waals surface area contributed by atoms with Crippen molar-refractivity contribution in [2.75, 3.05) is 19.6 Å². The molecule has 1 saturated heterocycles. The number of ketones is 1. The summed E-state index contributed by atoms with van der Waals surface area (Å²) in [6.45, 7) is 17.1. The van der Waals surface area contributed by atoms with Crippen LogP contribution in [0.25, 0.3) is 0 Å². The lowest BCUT2D eigenvalue weighted by molar-refractivity contribution is -0.180. The third kappa shape index (κ3) is 4.69. The van der Waals surface area contributed by atoms with Crippen molar-refractivity contribution in [3.63, 3.8) is 0 Å². The van der Waals surface area contributed by atoms with Gasteiger partial charge in [-0.2, -0.15) is 0 Å². The highest BCUT2D eigenvalue weighted by atomic mass is 16.5. The van der Waals surface area contributed by atoms with Crippen molar-refractivity contribution < 1.29 is 9.53 Å². The van der Waals surface area contributed by atoms with Crippen LogP contribution in [0.3, 0.4) is 0 Å². The number of rotatable bonds is 3. The Bertz CT molecular complexity index is 297. The molecule has 0 aromatic carbocycles. The molecule has 0 radical (unpaired) electrons. The van der Waals surface area contributed by atoms with Crippen LogP contribution in [0.5, 0.6) is 0 Å².